The standard InChI is InChI=1S/C14H24N2O2/c15-8-9-2-1-3-13(9)14(18)16-10-4-5-11(16)7-12(17)6-10/h9-13,17H,1-8,15H2/t9-,10?,11?,12?,13-/m1/s1. The minimum atomic E-state index is -0.194. The maximum absolute atomic E-state index is 12.7. The van der Waals surface area contributed by atoms with E-state index in [1.807, 2.05) is 0 Å². The molecular formula is C14H24N2O2. The van der Waals surface area contributed by atoms with Gasteiger partial charge in [-0.15, -0.1) is 0 Å². The van der Waals surface area contributed by atoms with Crippen molar-refractivity contribution in [3.8, 4) is 0 Å². The molecule has 0 spiro atoms. The monoisotopic (exact) mass is 252 g/mol. The fourth-order valence-corrected chi connectivity index (χ4v) is 4.34. The molecule has 2 aliphatic heterocycles. The molecule has 2 saturated heterocycles. The van der Waals surface area contributed by atoms with E-state index < -0.39 is 0 Å². The third-order valence-electron chi connectivity index (χ3n) is 5.24. The Kier molecular flexibility index (Phi) is 3.32. The number of rotatable bonds is 2. The summed E-state index contributed by atoms with van der Waals surface area (Å²) in [6.07, 6.45) is 6.79. The minimum Gasteiger partial charge on any atom is -0.393 e. The Morgan fingerprint density at radius 2 is 1.83 bits per heavy atom. The summed E-state index contributed by atoms with van der Waals surface area (Å²) < 4.78 is 0. The molecule has 18 heavy (non-hydrogen) atoms. The first-order valence-electron chi connectivity index (χ1n) is 7.41. The Labute approximate surface area is 109 Å². The molecule has 0 radical (unpaired) electrons. The van der Waals surface area contributed by atoms with Crippen molar-refractivity contribution in [3.63, 3.8) is 0 Å². The number of carbonyl (C=O) groups is 1. The van der Waals surface area contributed by atoms with E-state index in [0.29, 0.717) is 30.5 Å². The zero-order valence-corrected chi connectivity index (χ0v) is 10.9. The number of hydrogen-bond acceptors (Lipinski definition) is 3. The van der Waals surface area contributed by atoms with E-state index in [-0.39, 0.29) is 12.0 Å². The smallest absolute Gasteiger partial charge is 0.226 e. The van der Waals surface area contributed by atoms with Crippen molar-refractivity contribution in [2.45, 2.75) is 63.1 Å². The summed E-state index contributed by atoms with van der Waals surface area (Å²) in [5.41, 5.74) is 5.79. The first-order valence-corrected chi connectivity index (χ1v) is 7.41. The molecule has 102 valence electrons. The molecule has 1 saturated carbocycles. The van der Waals surface area contributed by atoms with Crippen molar-refractivity contribution in [1.82, 2.24) is 4.90 Å². The first kappa shape index (κ1) is 12.4. The molecule has 1 amide bonds. The normalized spacial score (nSPS) is 43.4. The predicted molar refractivity (Wildman–Crippen MR) is 68.8 cm³/mol. The number of fused-ring (bicyclic) bond motifs is 2. The van der Waals surface area contributed by atoms with Gasteiger partial charge in [0.2, 0.25) is 5.91 Å². The predicted octanol–water partition coefficient (Wildman–Crippen LogP) is 0.876. The summed E-state index contributed by atoms with van der Waals surface area (Å²) in [6, 6.07) is 0.593. The quantitative estimate of drug-likeness (QED) is 0.766. The second-order valence-electron chi connectivity index (χ2n) is 6.29. The van der Waals surface area contributed by atoms with Crippen molar-refractivity contribution in [1.29, 1.82) is 0 Å². The maximum atomic E-state index is 12.7. The second-order valence-corrected chi connectivity index (χ2v) is 6.29. The molecule has 0 aromatic rings. The highest BCUT2D eigenvalue weighted by Crippen LogP contribution is 2.40. The molecule has 1 aliphatic carbocycles. The van der Waals surface area contributed by atoms with Crippen LogP contribution in [-0.2, 0) is 4.79 Å². The lowest BCUT2D eigenvalue weighted by atomic mass is 9.91. The number of piperidine rings is 1. The molecule has 4 heteroatoms. The van der Waals surface area contributed by atoms with E-state index in [4.69, 9.17) is 5.73 Å². The Hall–Kier alpha value is -0.610. The number of aliphatic hydroxyl groups excluding tert-OH is 1. The van der Waals surface area contributed by atoms with Crippen LogP contribution in [0.5, 0.6) is 0 Å². The number of nitrogens with zero attached hydrogens (tertiary/aromatic N) is 1. The zero-order valence-electron chi connectivity index (χ0n) is 10.9. The second kappa shape index (κ2) is 4.82. The Bertz CT molecular complexity index is 320. The van der Waals surface area contributed by atoms with Crippen molar-refractivity contribution < 1.29 is 9.90 Å². The van der Waals surface area contributed by atoms with Gasteiger partial charge in [0.1, 0.15) is 0 Å². The highest BCUT2D eigenvalue weighted by molar-refractivity contribution is 5.80. The van der Waals surface area contributed by atoms with E-state index in [1.54, 1.807) is 0 Å². The van der Waals surface area contributed by atoms with Crippen molar-refractivity contribution >= 4 is 5.91 Å². The van der Waals surface area contributed by atoms with E-state index in [1.165, 1.54) is 0 Å². The van der Waals surface area contributed by atoms with E-state index in [2.05, 4.69) is 4.90 Å². The molecule has 0 aromatic heterocycles. The van der Waals surface area contributed by atoms with Crippen LogP contribution in [0.4, 0.5) is 0 Å². The van der Waals surface area contributed by atoms with Crippen LogP contribution in [0.3, 0.4) is 0 Å². The third-order valence-corrected chi connectivity index (χ3v) is 5.24. The van der Waals surface area contributed by atoms with Crippen molar-refractivity contribution in [3.05, 3.63) is 0 Å². The Balaban J connectivity index is 1.73. The number of carbonyl (C=O) groups excluding carboxylic acids is 1. The van der Waals surface area contributed by atoms with Gasteiger partial charge in [-0.2, -0.15) is 0 Å². The van der Waals surface area contributed by atoms with Gasteiger partial charge in [-0.3, -0.25) is 4.79 Å². The molecule has 4 atom stereocenters. The van der Waals surface area contributed by atoms with Crippen LogP contribution in [0.1, 0.15) is 44.9 Å². The fourth-order valence-electron chi connectivity index (χ4n) is 4.34. The minimum absolute atomic E-state index is 0.161. The summed E-state index contributed by atoms with van der Waals surface area (Å²) >= 11 is 0. The number of hydrogen-bond donors (Lipinski definition) is 2. The summed E-state index contributed by atoms with van der Waals surface area (Å²) in [5.74, 6) is 0.888. The average Bonchev–Trinajstić information content (AvgIpc) is 2.92. The SMILES string of the molecule is NC[C@H]1CCC[C@H]1C(=O)N1C2CCC1CC(O)C2. The maximum Gasteiger partial charge on any atom is 0.226 e. The van der Waals surface area contributed by atoms with Crippen LogP contribution in [0, 0.1) is 11.8 Å². The van der Waals surface area contributed by atoms with Gasteiger partial charge in [0.25, 0.3) is 0 Å². The molecule has 2 heterocycles. The Morgan fingerprint density at radius 1 is 1.17 bits per heavy atom. The number of nitrogens with two attached hydrogens (primary N) is 1. The largest absolute Gasteiger partial charge is 0.393 e. The lowest BCUT2D eigenvalue weighted by Crippen LogP contribution is -2.51. The molecule has 3 rings (SSSR count). The van der Waals surface area contributed by atoms with Gasteiger partial charge in [0.05, 0.1) is 6.10 Å². The fraction of sp³-hybridized carbons (Fsp3) is 0.929. The van der Waals surface area contributed by atoms with Gasteiger partial charge in [0.15, 0.2) is 0 Å². The molecule has 3 N–H and O–H groups in total. The lowest BCUT2D eigenvalue weighted by Gasteiger charge is -2.39. The number of aliphatic hydroxyl groups is 1. The van der Waals surface area contributed by atoms with Crippen LogP contribution in [0.25, 0.3) is 0 Å². The van der Waals surface area contributed by atoms with E-state index >= 15 is 0 Å². The summed E-state index contributed by atoms with van der Waals surface area (Å²) in [6.45, 7) is 0.641. The van der Waals surface area contributed by atoms with Gasteiger partial charge in [0, 0.05) is 18.0 Å². The molecular weight excluding hydrogens is 228 g/mol. The van der Waals surface area contributed by atoms with Crippen LogP contribution < -0.4 is 5.73 Å². The van der Waals surface area contributed by atoms with Gasteiger partial charge in [-0.1, -0.05) is 6.42 Å². The lowest BCUT2D eigenvalue weighted by molar-refractivity contribution is -0.143. The molecule has 2 bridgehead atoms. The van der Waals surface area contributed by atoms with Gasteiger partial charge < -0.3 is 15.7 Å². The first-order chi connectivity index (χ1) is 8.70. The molecule has 0 aromatic carbocycles. The summed E-state index contributed by atoms with van der Waals surface area (Å²) in [5, 5.41) is 9.80. The average molecular weight is 252 g/mol. The summed E-state index contributed by atoms with van der Waals surface area (Å²) in [7, 11) is 0. The Morgan fingerprint density at radius 3 is 2.44 bits per heavy atom. The van der Waals surface area contributed by atoms with Crippen molar-refractivity contribution in [2.24, 2.45) is 17.6 Å². The van der Waals surface area contributed by atoms with Gasteiger partial charge in [-0.05, 0) is 51.0 Å². The molecule has 3 fully saturated rings. The summed E-state index contributed by atoms with van der Waals surface area (Å²) in [4.78, 5) is 14.8. The van der Waals surface area contributed by atoms with Gasteiger partial charge >= 0.3 is 0 Å². The van der Waals surface area contributed by atoms with Crippen LogP contribution in [0.2, 0.25) is 0 Å². The van der Waals surface area contributed by atoms with E-state index in [9.17, 15) is 9.90 Å². The highest BCUT2D eigenvalue weighted by atomic mass is 16.3. The molecule has 3 aliphatic rings. The highest BCUT2D eigenvalue weighted by Gasteiger charge is 2.46. The molecule has 2 unspecified atom stereocenters. The number of amides is 1. The van der Waals surface area contributed by atoms with E-state index in [0.717, 1.165) is 44.9 Å². The topological polar surface area (TPSA) is 66.6 Å². The van der Waals surface area contributed by atoms with Crippen LogP contribution >= 0.6 is 0 Å². The van der Waals surface area contributed by atoms with Crippen LogP contribution in [0.15, 0.2) is 0 Å². The van der Waals surface area contributed by atoms with Gasteiger partial charge in [-0.25, -0.2) is 0 Å². The molecule has 4 nitrogen and oxygen atoms in total. The van der Waals surface area contributed by atoms with Crippen LogP contribution in [-0.4, -0.2) is 40.6 Å². The third kappa shape index (κ3) is 1.95. The zero-order chi connectivity index (χ0) is 12.7. The van der Waals surface area contributed by atoms with Crippen molar-refractivity contribution in [2.75, 3.05) is 6.54 Å².